The zero-order chi connectivity index (χ0) is 14.2. The van der Waals surface area contributed by atoms with E-state index in [1.54, 1.807) is 4.68 Å². The van der Waals surface area contributed by atoms with E-state index in [-0.39, 0.29) is 22.3 Å². The molecule has 0 aliphatic heterocycles. The Morgan fingerprint density at radius 1 is 1.47 bits per heavy atom. The second-order valence-electron chi connectivity index (χ2n) is 4.40. The van der Waals surface area contributed by atoms with Crippen LogP contribution in [0.3, 0.4) is 0 Å². The minimum absolute atomic E-state index is 0.0303. The van der Waals surface area contributed by atoms with Crippen LogP contribution < -0.4 is 0 Å². The molecule has 0 unspecified atom stereocenters. The number of carboxylic acid groups (broad SMARTS) is 1. The molecule has 1 heterocycles. The molecule has 100 valence electrons. The summed E-state index contributed by atoms with van der Waals surface area (Å²) in [6.07, 6.45) is 1.46. The molecule has 0 radical (unpaired) electrons. The van der Waals surface area contributed by atoms with Gasteiger partial charge in [0.1, 0.15) is 17.1 Å². The van der Waals surface area contributed by atoms with E-state index in [1.807, 2.05) is 13.8 Å². The normalized spacial score (nSPS) is 11.0. The Morgan fingerprint density at radius 3 is 2.68 bits per heavy atom. The molecule has 4 nitrogen and oxygen atoms in total. The second-order valence-corrected chi connectivity index (χ2v) is 4.81. The van der Waals surface area contributed by atoms with E-state index < -0.39 is 11.8 Å². The quantitative estimate of drug-likeness (QED) is 0.935. The van der Waals surface area contributed by atoms with Gasteiger partial charge in [-0.25, -0.2) is 9.18 Å². The molecule has 0 saturated heterocycles. The van der Waals surface area contributed by atoms with Crippen LogP contribution >= 0.6 is 11.6 Å². The van der Waals surface area contributed by atoms with Gasteiger partial charge in [0.15, 0.2) is 0 Å². The van der Waals surface area contributed by atoms with Crippen LogP contribution in [0.25, 0.3) is 11.3 Å². The molecule has 0 amide bonds. The third-order valence-electron chi connectivity index (χ3n) is 2.68. The van der Waals surface area contributed by atoms with Gasteiger partial charge < -0.3 is 5.11 Å². The predicted octanol–water partition coefficient (Wildman–Crippen LogP) is 3.62. The molecule has 0 aliphatic rings. The lowest BCUT2D eigenvalue weighted by Gasteiger charge is -2.04. The zero-order valence-corrected chi connectivity index (χ0v) is 11.1. The standard InChI is InChI=1S/C13H12ClFN2O2/c1-7(2)17-6-9(13(18)19)12(16-17)8-3-4-11(15)10(14)5-8/h3-7H,1-2H3,(H,18,19). The van der Waals surface area contributed by atoms with E-state index in [1.165, 1.54) is 24.4 Å². The Hall–Kier alpha value is -1.88. The van der Waals surface area contributed by atoms with Crippen LogP contribution in [0.1, 0.15) is 30.2 Å². The van der Waals surface area contributed by atoms with Crippen molar-refractivity contribution < 1.29 is 14.3 Å². The fourth-order valence-corrected chi connectivity index (χ4v) is 1.85. The molecule has 1 N–H and O–H groups in total. The van der Waals surface area contributed by atoms with Gasteiger partial charge in [-0.15, -0.1) is 0 Å². The fourth-order valence-electron chi connectivity index (χ4n) is 1.67. The maximum atomic E-state index is 13.1. The van der Waals surface area contributed by atoms with Crippen molar-refractivity contribution in [3.8, 4) is 11.3 Å². The average Bonchev–Trinajstić information content (AvgIpc) is 2.78. The summed E-state index contributed by atoms with van der Waals surface area (Å²) in [5.74, 6) is -1.63. The SMILES string of the molecule is CC(C)n1cc(C(=O)O)c(-c2ccc(F)c(Cl)c2)n1. The van der Waals surface area contributed by atoms with Gasteiger partial charge in [-0.3, -0.25) is 4.68 Å². The average molecular weight is 283 g/mol. The third-order valence-corrected chi connectivity index (χ3v) is 2.97. The molecule has 19 heavy (non-hydrogen) atoms. The molecule has 0 atom stereocenters. The van der Waals surface area contributed by atoms with Crippen LogP contribution in [0, 0.1) is 5.82 Å². The minimum Gasteiger partial charge on any atom is -0.478 e. The number of halogens is 2. The summed E-state index contributed by atoms with van der Waals surface area (Å²) in [4.78, 5) is 11.2. The van der Waals surface area contributed by atoms with Crippen LogP contribution in [-0.2, 0) is 0 Å². The van der Waals surface area contributed by atoms with E-state index in [0.29, 0.717) is 5.56 Å². The molecule has 1 aromatic carbocycles. The first-order valence-electron chi connectivity index (χ1n) is 5.68. The number of rotatable bonds is 3. The van der Waals surface area contributed by atoms with E-state index in [2.05, 4.69) is 5.10 Å². The Morgan fingerprint density at radius 2 is 2.16 bits per heavy atom. The highest BCUT2D eigenvalue weighted by Crippen LogP contribution is 2.27. The molecule has 2 aromatic rings. The van der Waals surface area contributed by atoms with Gasteiger partial charge in [0.25, 0.3) is 0 Å². The Labute approximate surface area is 114 Å². The highest BCUT2D eigenvalue weighted by atomic mass is 35.5. The van der Waals surface area contributed by atoms with Crippen molar-refractivity contribution in [2.75, 3.05) is 0 Å². The molecule has 0 aliphatic carbocycles. The summed E-state index contributed by atoms with van der Waals surface area (Å²) < 4.78 is 14.7. The van der Waals surface area contributed by atoms with Crippen LogP contribution in [0.4, 0.5) is 4.39 Å². The smallest absolute Gasteiger partial charge is 0.339 e. The Balaban J connectivity index is 2.59. The molecule has 2 rings (SSSR count). The molecule has 1 aromatic heterocycles. The number of aromatic nitrogens is 2. The predicted molar refractivity (Wildman–Crippen MR) is 70.0 cm³/mol. The van der Waals surface area contributed by atoms with Gasteiger partial charge in [0, 0.05) is 17.8 Å². The molecule has 0 saturated carbocycles. The maximum absolute atomic E-state index is 13.1. The first-order chi connectivity index (χ1) is 8.90. The number of carbonyl (C=O) groups is 1. The lowest BCUT2D eigenvalue weighted by Crippen LogP contribution is -2.00. The van der Waals surface area contributed by atoms with E-state index >= 15 is 0 Å². The van der Waals surface area contributed by atoms with Crippen molar-refractivity contribution >= 4 is 17.6 Å². The number of aromatic carboxylic acids is 1. The summed E-state index contributed by atoms with van der Waals surface area (Å²) in [5, 5.41) is 13.4. The molecule has 0 bridgehead atoms. The maximum Gasteiger partial charge on any atom is 0.339 e. The third kappa shape index (κ3) is 2.61. The van der Waals surface area contributed by atoms with E-state index in [4.69, 9.17) is 11.6 Å². The summed E-state index contributed by atoms with van der Waals surface area (Å²) >= 11 is 5.71. The van der Waals surface area contributed by atoms with E-state index in [0.717, 1.165) is 0 Å². The monoisotopic (exact) mass is 282 g/mol. The fraction of sp³-hybridized carbons (Fsp3) is 0.231. The Bertz CT molecular complexity index is 638. The number of carboxylic acids is 1. The number of hydrogen-bond donors (Lipinski definition) is 1. The number of benzene rings is 1. The molecule has 0 fully saturated rings. The summed E-state index contributed by atoms with van der Waals surface area (Å²) in [6, 6.07) is 4.05. The lowest BCUT2D eigenvalue weighted by atomic mass is 10.1. The van der Waals surface area contributed by atoms with Gasteiger partial charge in [-0.1, -0.05) is 11.6 Å². The molecular formula is C13H12ClFN2O2. The highest BCUT2D eigenvalue weighted by molar-refractivity contribution is 6.31. The van der Waals surface area contributed by atoms with Crippen molar-refractivity contribution in [3.05, 3.63) is 40.8 Å². The zero-order valence-electron chi connectivity index (χ0n) is 10.4. The van der Waals surface area contributed by atoms with Crippen LogP contribution in [0.5, 0.6) is 0 Å². The number of nitrogens with zero attached hydrogens (tertiary/aromatic N) is 2. The van der Waals surface area contributed by atoms with Crippen molar-refractivity contribution in [2.45, 2.75) is 19.9 Å². The molecular weight excluding hydrogens is 271 g/mol. The van der Waals surface area contributed by atoms with Crippen molar-refractivity contribution in [3.63, 3.8) is 0 Å². The highest BCUT2D eigenvalue weighted by Gasteiger charge is 2.18. The first-order valence-corrected chi connectivity index (χ1v) is 6.06. The first kappa shape index (κ1) is 13.5. The molecule has 6 heteroatoms. The van der Waals surface area contributed by atoms with Gasteiger partial charge in [-0.2, -0.15) is 5.10 Å². The topological polar surface area (TPSA) is 55.1 Å². The Kier molecular flexibility index (Phi) is 3.57. The van der Waals surface area contributed by atoms with Crippen molar-refractivity contribution in [2.24, 2.45) is 0 Å². The van der Waals surface area contributed by atoms with Crippen molar-refractivity contribution in [1.82, 2.24) is 9.78 Å². The van der Waals surface area contributed by atoms with Crippen LogP contribution in [0.15, 0.2) is 24.4 Å². The summed E-state index contributed by atoms with van der Waals surface area (Å²) in [7, 11) is 0. The summed E-state index contributed by atoms with van der Waals surface area (Å²) in [6.45, 7) is 3.78. The molecule has 0 spiro atoms. The van der Waals surface area contributed by atoms with Gasteiger partial charge in [-0.05, 0) is 32.0 Å². The van der Waals surface area contributed by atoms with Crippen LogP contribution in [0.2, 0.25) is 5.02 Å². The minimum atomic E-state index is -1.08. The van der Waals surface area contributed by atoms with Crippen LogP contribution in [-0.4, -0.2) is 20.9 Å². The lowest BCUT2D eigenvalue weighted by molar-refractivity contribution is 0.0697. The van der Waals surface area contributed by atoms with Crippen molar-refractivity contribution in [1.29, 1.82) is 0 Å². The van der Waals surface area contributed by atoms with Gasteiger partial charge in [0.05, 0.1) is 5.02 Å². The number of hydrogen-bond acceptors (Lipinski definition) is 2. The van der Waals surface area contributed by atoms with Gasteiger partial charge in [0.2, 0.25) is 0 Å². The largest absolute Gasteiger partial charge is 0.478 e. The second kappa shape index (κ2) is 5.01. The van der Waals surface area contributed by atoms with Gasteiger partial charge >= 0.3 is 5.97 Å². The summed E-state index contributed by atoms with van der Waals surface area (Å²) in [5.41, 5.74) is 0.822. The van der Waals surface area contributed by atoms with E-state index in [9.17, 15) is 14.3 Å².